The summed E-state index contributed by atoms with van der Waals surface area (Å²) in [5.41, 5.74) is 1.69. The predicted molar refractivity (Wildman–Crippen MR) is 67.0 cm³/mol. The van der Waals surface area contributed by atoms with E-state index >= 15 is 0 Å². The van der Waals surface area contributed by atoms with E-state index in [0.29, 0.717) is 24.7 Å². The lowest BCUT2D eigenvalue weighted by Gasteiger charge is -2.11. The molecule has 18 heavy (non-hydrogen) atoms. The smallest absolute Gasteiger partial charge is 0.111 e. The topological polar surface area (TPSA) is 68.8 Å². The summed E-state index contributed by atoms with van der Waals surface area (Å²) in [4.78, 5) is 4.15. The summed E-state index contributed by atoms with van der Waals surface area (Å²) in [5, 5.41) is 17.7. The Morgan fingerprint density at radius 1 is 1.39 bits per heavy atom. The lowest BCUT2D eigenvalue weighted by molar-refractivity contribution is 0.168. The molecule has 0 saturated carbocycles. The number of hydrogen-bond acceptors (Lipinski definition) is 4. The van der Waals surface area contributed by atoms with E-state index in [0.717, 1.165) is 5.69 Å². The van der Waals surface area contributed by atoms with E-state index in [-0.39, 0.29) is 0 Å². The second-order valence-electron chi connectivity index (χ2n) is 4.65. The van der Waals surface area contributed by atoms with Crippen molar-refractivity contribution in [1.82, 2.24) is 24.5 Å². The van der Waals surface area contributed by atoms with E-state index in [1.807, 2.05) is 19.4 Å². The molecule has 0 aliphatic carbocycles. The average Bonchev–Trinajstić information content (AvgIpc) is 2.97. The molecule has 0 spiro atoms. The minimum absolute atomic E-state index is 0.367. The lowest BCUT2D eigenvalue weighted by atomic mass is 10.2. The molecule has 1 atom stereocenters. The molecular weight excluding hydrogens is 230 g/mol. The zero-order valence-corrected chi connectivity index (χ0v) is 11.0. The average molecular weight is 249 g/mol. The van der Waals surface area contributed by atoms with Gasteiger partial charge in [0.25, 0.3) is 0 Å². The van der Waals surface area contributed by atoms with Gasteiger partial charge in [-0.2, -0.15) is 0 Å². The third-order valence-electron chi connectivity index (χ3n) is 2.91. The summed E-state index contributed by atoms with van der Waals surface area (Å²) < 4.78 is 3.82. The van der Waals surface area contributed by atoms with Gasteiger partial charge in [-0.05, 0) is 20.3 Å². The van der Waals surface area contributed by atoms with Crippen molar-refractivity contribution in [2.75, 3.05) is 0 Å². The number of aromatic nitrogens is 5. The van der Waals surface area contributed by atoms with Crippen molar-refractivity contribution in [3.05, 3.63) is 30.1 Å². The Hall–Kier alpha value is -1.69. The maximum atomic E-state index is 9.68. The molecule has 0 bridgehead atoms. The molecule has 0 aliphatic rings. The van der Waals surface area contributed by atoms with E-state index in [2.05, 4.69) is 33.7 Å². The molecule has 0 saturated heterocycles. The van der Waals surface area contributed by atoms with Crippen LogP contribution in [0, 0.1) is 0 Å². The molecule has 1 N–H and O–H groups in total. The minimum atomic E-state index is -0.534. The highest BCUT2D eigenvalue weighted by atomic mass is 16.3. The van der Waals surface area contributed by atoms with E-state index in [1.54, 1.807) is 10.9 Å². The van der Waals surface area contributed by atoms with Crippen LogP contribution < -0.4 is 0 Å². The number of hydrogen-bond donors (Lipinski definition) is 1. The van der Waals surface area contributed by atoms with Gasteiger partial charge in [-0.3, -0.25) is 0 Å². The first-order chi connectivity index (χ1) is 8.61. The van der Waals surface area contributed by atoms with Crippen LogP contribution in [-0.4, -0.2) is 29.7 Å². The molecule has 2 aromatic rings. The van der Waals surface area contributed by atoms with E-state index in [1.165, 1.54) is 0 Å². The summed E-state index contributed by atoms with van der Waals surface area (Å²) in [6, 6.07) is 0.367. The van der Waals surface area contributed by atoms with Crippen LogP contribution in [0.15, 0.2) is 18.7 Å². The van der Waals surface area contributed by atoms with Crippen LogP contribution in [0.5, 0.6) is 0 Å². The highest BCUT2D eigenvalue weighted by molar-refractivity contribution is 5.03. The standard InChI is InChI=1S/C12H19N5O/c1-4-12(18)11-7-16(15-14-11)6-10-5-13-8-17(10)9(2)3/h5,7-9,12,18H,4,6H2,1-3H3. The van der Waals surface area contributed by atoms with Crippen LogP contribution in [0.25, 0.3) is 0 Å². The number of imidazole rings is 1. The first-order valence-corrected chi connectivity index (χ1v) is 6.20. The van der Waals surface area contributed by atoms with Gasteiger partial charge < -0.3 is 9.67 Å². The summed E-state index contributed by atoms with van der Waals surface area (Å²) >= 11 is 0. The van der Waals surface area contributed by atoms with Crippen LogP contribution in [0.2, 0.25) is 0 Å². The van der Waals surface area contributed by atoms with Gasteiger partial charge >= 0.3 is 0 Å². The van der Waals surface area contributed by atoms with Gasteiger partial charge in [0, 0.05) is 6.04 Å². The third-order valence-corrected chi connectivity index (χ3v) is 2.91. The highest BCUT2D eigenvalue weighted by Gasteiger charge is 2.11. The Morgan fingerprint density at radius 3 is 2.83 bits per heavy atom. The Labute approximate surface area is 106 Å². The molecule has 0 fully saturated rings. The van der Waals surface area contributed by atoms with Crippen LogP contribution in [0.4, 0.5) is 0 Å². The maximum absolute atomic E-state index is 9.68. The van der Waals surface area contributed by atoms with E-state index in [9.17, 15) is 5.11 Å². The summed E-state index contributed by atoms with van der Waals surface area (Å²) in [6.45, 7) is 6.75. The Bertz CT molecular complexity index is 502. The van der Waals surface area contributed by atoms with Gasteiger partial charge in [-0.15, -0.1) is 5.10 Å². The monoisotopic (exact) mass is 249 g/mol. The van der Waals surface area contributed by atoms with Crippen LogP contribution in [-0.2, 0) is 6.54 Å². The number of aliphatic hydroxyl groups excluding tert-OH is 1. The molecule has 0 aromatic carbocycles. The Kier molecular flexibility index (Phi) is 3.76. The van der Waals surface area contributed by atoms with Crippen molar-refractivity contribution < 1.29 is 5.11 Å². The molecule has 0 radical (unpaired) electrons. The van der Waals surface area contributed by atoms with Gasteiger partial charge in [0.05, 0.1) is 37.1 Å². The molecule has 2 aromatic heterocycles. The van der Waals surface area contributed by atoms with Crippen molar-refractivity contribution in [2.24, 2.45) is 0 Å². The SMILES string of the molecule is CCC(O)c1cn(Cc2cncn2C(C)C)nn1. The fourth-order valence-corrected chi connectivity index (χ4v) is 1.84. The summed E-state index contributed by atoms with van der Waals surface area (Å²) in [6.07, 6.45) is 5.54. The maximum Gasteiger partial charge on any atom is 0.111 e. The van der Waals surface area contributed by atoms with Crippen LogP contribution in [0.1, 0.15) is 50.7 Å². The van der Waals surface area contributed by atoms with E-state index < -0.39 is 6.10 Å². The number of rotatable bonds is 5. The number of aliphatic hydroxyl groups is 1. The second-order valence-corrected chi connectivity index (χ2v) is 4.65. The van der Waals surface area contributed by atoms with Gasteiger partial charge in [0.1, 0.15) is 5.69 Å². The lowest BCUT2D eigenvalue weighted by Crippen LogP contribution is -2.09. The molecule has 2 rings (SSSR count). The van der Waals surface area contributed by atoms with Gasteiger partial charge in [0.15, 0.2) is 0 Å². The van der Waals surface area contributed by atoms with Crippen LogP contribution in [0.3, 0.4) is 0 Å². The van der Waals surface area contributed by atoms with Crippen LogP contribution >= 0.6 is 0 Å². The minimum Gasteiger partial charge on any atom is -0.387 e. The Balaban J connectivity index is 2.14. The van der Waals surface area contributed by atoms with Crippen molar-refractivity contribution in [1.29, 1.82) is 0 Å². The Morgan fingerprint density at radius 2 is 2.17 bits per heavy atom. The van der Waals surface area contributed by atoms with E-state index in [4.69, 9.17) is 0 Å². The fourth-order valence-electron chi connectivity index (χ4n) is 1.84. The fraction of sp³-hybridized carbons (Fsp3) is 0.583. The highest BCUT2D eigenvalue weighted by Crippen LogP contribution is 2.14. The van der Waals surface area contributed by atoms with Crippen molar-refractivity contribution in [3.8, 4) is 0 Å². The third kappa shape index (κ3) is 2.59. The van der Waals surface area contributed by atoms with Crippen molar-refractivity contribution in [2.45, 2.75) is 45.9 Å². The second kappa shape index (κ2) is 5.30. The predicted octanol–water partition coefficient (Wildman–Crippen LogP) is 1.55. The van der Waals surface area contributed by atoms with Gasteiger partial charge in [-0.25, -0.2) is 9.67 Å². The molecule has 2 heterocycles. The first-order valence-electron chi connectivity index (χ1n) is 6.20. The van der Waals surface area contributed by atoms with Gasteiger partial charge in [-0.1, -0.05) is 12.1 Å². The summed E-state index contributed by atoms with van der Waals surface area (Å²) in [5.74, 6) is 0. The molecule has 6 nitrogen and oxygen atoms in total. The van der Waals surface area contributed by atoms with Gasteiger partial charge in [0.2, 0.25) is 0 Å². The quantitative estimate of drug-likeness (QED) is 0.872. The molecule has 98 valence electrons. The zero-order valence-electron chi connectivity index (χ0n) is 11.0. The normalized spacial score (nSPS) is 13.2. The first kappa shape index (κ1) is 12.8. The van der Waals surface area contributed by atoms with Crippen molar-refractivity contribution in [3.63, 3.8) is 0 Å². The molecule has 1 unspecified atom stereocenters. The molecule has 6 heteroatoms. The number of nitrogens with zero attached hydrogens (tertiary/aromatic N) is 5. The molecule has 0 amide bonds. The molecule has 0 aliphatic heterocycles. The zero-order chi connectivity index (χ0) is 13.1. The largest absolute Gasteiger partial charge is 0.387 e. The summed E-state index contributed by atoms with van der Waals surface area (Å²) in [7, 11) is 0. The van der Waals surface area contributed by atoms with Crippen molar-refractivity contribution >= 4 is 0 Å². The molecular formula is C12H19N5O.